The molecule has 0 aliphatic carbocycles. The van der Waals surface area contributed by atoms with E-state index in [9.17, 15) is 18.4 Å². The molecule has 1 atom stereocenters. The van der Waals surface area contributed by atoms with Crippen molar-refractivity contribution in [3.05, 3.63) is 65.0 Å². The molecular weight excluding hydrogens is 329 g/mol. The Kier molecular flexibility index (Phi) is 3.99. The summed E-state index contributed by atoms with van der Waals surface area (Å²) in [6, 6.07) is 12.7. The van der Waals surface area contributed by atoms with Crippen molar-refractivity contribution in [2.45, 2.75) is 24.3 Å². The molecule has 24 heavy (non-hydrogen) atoms. The molecule has 1 heterocycles. The van der Waals surface area contributed by atoms with Crippen LogP contribution in [0.25, 0.3) is 5.57 Å². The summed E-state index contributed by atoms with van der Waals surface area (Å²) in [4.78, 5) is 0.211. The Morgan fingerprint density at radius 2 is 1.88 bits per heavy atom. The third kappa shape index (κ3) is 2.73. The van der Waals surface area contributed by atoms with Gasteiger partial charge in [0.25, 0.3) is 0 Å². The second-order valence-corrected chi connectivity index (χ2v) is 6.86. The number of ether oxygens (including phenoxy) is 1. The van der Waals surface area contributed by atoms with Crippen LogP contribution in [-0.4, -0.2) is 14.4 Å². The first-order valence-electron chi connectivity index (χ1n) is 7.18. The van der Waals surface area contributed by atoms with Crippen molar-refractivity contribution in [2.24, 2.45) is 0 Å². The molecule has 1 aliphatic rings. The van der Waals surface area contributed by atoms with Gasteiger partial charge in [-0.25, -0.2) is 8.60 Å². The second kappa shape index (κ2) is 5.86. The van der Waals surface area contributed by atoms with Gasteiger partial charge in [0.2, 0.25) is 0 Å². The standard InChI is InChI=1S/C18H14FNO3S/c1-18(2)15(10-20)17(11-3-5-12(19)6-4-11)14-8-7-13(24(21)22)9-16(14)23-18/h3-9H,1-2H3,(H,21,22). The molecule has 0 spiro atoms. The first-order chi connectivity index (χ1) is 11.3. The van der Waals surface area contributed by atoms with Crippen molar-refractivity contribution >= 4 is 16.7 Å². The van der Waals surface area contributed by atoms with Gasteiger partial charge in [-0.15, -0.1) is 0 Å². The minimum absolute atomic E-state index is 0.211. The van der Waals surface area contributed by atoms with Gasteiger partial charge in [-0.1, -0.05) is 12.1 Å². The zero-order valence-corrected chi connectivity index (χ0v) is 13.9. The molecule has 0 bridgehead atoms. The Balaban J connectivity index is 2.30. The summed E-state index contributed by atoms with van der Waals surface area (Å²) in [6.07, 6.45) is 0. The topological polar surface area (TPSA) is 70.3 Å². The summed E-state index contributed by atoms with van der Waals surface area (Å²) in [5.41, 5.74) is 1.45. The zero-order valence-electron chi connectivity index (χ0n) is 13.0. The van der Waals surface area contributed by atoms with E-state index in [-0.39, 0.29) is 10.7 Å². The van der Waals surface area contributed by atoms with E-state index in [0.717, 1.165) is 0 Å². The number of nitrogens with zero attached hydrogens (tertiary/aromatic N) is 1. The monoisotopic (exact) mass is 343 g/mol. The Labute approximate surface area is 141 Å². The Hall–Kier alpha value is -2.49. The molecule has 122 valence electrons. The summed E-state index contributed by atoms with van der Waals surface area (Å²) < 4.78 is 39.7. The maximum atomic E-state index is 13.3. The number of nitriles is 1. The zero-order chi connectivity index (χ0) is 17.5. The van der Waals surface area contributed by atoms with Crippen LogP contribution in [0.15, 0.2) is 52.9 Å². The van der Waals surface area contributed by atoms with Crippen molar-refractivity contribution in [1.82, 2.24) is 0 Å². The fraction of sp³-hybridized carbons (Fsp3) is 0.167. The maximum absolute atomic E-state index is 13.3. The first-order valence-corrected chi connectivity index (χ1v) is 8.29. The normalized spacial score (nSPS) is 16.8. The highest BCUT2D eigenvalue weighted by atomic mass is 32.2. The van der Waals surface area contributed by atoms with E-state index < -0.39 is 16.7 Å². The van der Waals surface area contributed by atoms with Crippen LogP contribution in [0.2, 0.25) is 0 Å². The third-order valence-electron chi connectivity index (χ3n) is 3.89. The molecule has 6 heteroatoms. The average Bonchev–Trinajstić information content (AvgIpc) is 2.53. The van der Waals surface area contributed by atoms with Gasteiger partial charge < -0.3 is 9.29 Å². The van der Waals surface area contributed by atoms with E-state index in [1.807, 2.05) is 0 Å². The van der Waals surface area contributed by atoms with Crippen molar-refractivity contribution < 1.29 is 17.9 Å². The van der Waals surface area contributed by atoms with Crippen LogP contribution in [0.4, 0.5) is 4.39 Å². The summed E-state index contributed by atoms with van der Waals surface area (Å²) in [6.45, 7) is 3.50. The third-order valence-corrected chi connectivity index (χ3v) is 4.54. The Bertz CT molecular complexity index is 911. The molecule has 2 aromatic carbocycles. The summed E-state index contributed by atoms with van der Waals surface area (Å²) in [5.74, 6) is 0.0497. The van der Waals surface area contributed by atoms with Gasteiger partial charge in [-0.2, -0.15) is 5.26 Å². The van der Waals surface area contributed by atoms with Crippen LogP contribution in [-0.2, 0) is 11.1 Å². The molecule has 0 fully saturated rings. The molecule has 3 rings (SSSR count). The van der Waals surface area contributed by atoms with Gasteiger partial charge in [0.1, 0.15) is 17.2 Å². The number of benzene rings is 2. The molecule has 0 amide bonds. The first kappa shape index (κ1) is 16.4. The van der Waals surface area contributed by atoms with Crippen LogP contribution < -0.4 is 4.74 Å². The van der Waals surface area contributed by atoms with E-state index in [2.05, 4.69) is 6.07 Å². The van der Waals surface area contributed by atoms with Gasteiger partial charge in [-0.3, -0.25) is 0 Å². The lowest BCUT2D eigenvalue weighted by Crippen LogP contribution is -2.34. The molecule has 0 saturated heterocycles. The summed E-state index contributed by atoms with van der Waals surface area (Å²) in [7, 11) is 0. The smallest absolute Gasteiger partial charge is 0.186 e. The fourth-order valence-corrected chi connectivity index (χ4v) is 3.16. The molecular formula is C18H14FNO3S. The maximum Gasteiger partial charge on any atom is 0.186 e. The quantitative estimate of drug-likeness (QED) is 0.840. The van der Waals surface area contributed by atoms with Gasteiger partial charge >= 0.3 is 0 Å². The molecule has 2 aromatic rings. The van der Waals surface area contributed by atoms with E-state index in [1.54, 1.807) is 32.0 Å². The van der Waals surface area contributed by atoms with Crippen LogP contribution in [0, 0.1) is 17.1 Å². The van der Waals surface area contributed by atoms with Gasteiger partial charge in [0.15, 0.2) is 11.1 Å². The van der Waals surface area contributed by atoms with Gasteiger partial charge in [-0.05, 0) is 49.7 Å². The van der Waals surface area contributed by atoms with Crippen molar-refractivity contribution in [3.8, 4) is 11.8 Å². The number of rotatable bonds is 2. The average molecular weight is 343 g/mol. The van der Waals surface area contributed by atoms with Gasteiger partial charge in [0, 0.05) is 11.1 Å². The predicted octanol–water partition coefficient (Wildman–Crippen LogP) is 3.90. The molecule has 1 N–H and O–H groups in total. The van der Waals surface area contributed by atoms with E-state index in [4.69, 9.17) is 4.74 Å². The molecule has 4 nitrogen and oxygen atoms in total. The number of hydrogen-bond donors (Lipinski definition) is 1. The minimum atomic E-state index is -2.13. The van der Waals surface area contributed by atoms with E-state index in [0.29, 0.717) is 28.0 Å². The highest BCUT2D eigenvalue weighted by Crippen LogP contribution is 2.44. The second-order valence-electron chi connectivity index (χ2n) is 5.89. The largest absolute Gasteiger partial charge is 0.482 e. The molecule has 1 unspecified atom stereocenters. The minimum Gasteiger partial charge on any atom is -0.482 e. The van der Waals surface area contributed by atoms with Crippen LogP contribution in [0.3, 0.4) is 0 Å². The fourth-order valence-electron chi connectivity index (χ4n) is 2.77. The lowest BCUT2D eigenvalue weighted by Gasteiger charge is -2.34. The highest BCUT2D eigenvalue weighted by Gasteiger charge is 2.36. The van der Waals surface area contributed by atoms with E-state index in [1.165, 1.54) is 24.3 Å². The van der Waals surface area contributed by atoms with Crippen molar-refractivity contribution in [1.29, 1.82) is 5.26 Å². The summed E-state index contributed by atoms with van der Waals surface area (Å²) >= 11 is -2.13. The lowest BCUT2D eigenvalue weighted by molar-refractivity contribution is 0.149. The number of hydrogen-bond acceptors (Lipinski definition) is 3. The van der Waals surface area contributed by atoms with Crippen molar-refractivity contribution in [3.63, 3.8) is 0 Å². The molecule has 0 radical (unpaired) electrons. The number of fused-ring (bicyclic) bond motifs is 1. The Morgan fingerprint density at radius 3 is 2.46 bits per heavy atom. The van der Waals surface area contributed by atoms with Crippen LogP contribution in [0.1, 0.15) is 25.0 Å². The highest BCUT2D eigenvalue weighted by molar-refractivity contribution is 7.79. The molecule has 0 aromatic heterocycles. The SMILES string of the molecule is CC1(C)Oc2cc(S(=O)O)ccc2C(c2ccc(F)cc2)=C1C#N. The number of halogens is 1. The molecule has 0 saturated carbocycles. The predicted molar refractivity (Wildman–Crippen MR) is 88.2 cm³/mol. The van der Waals surface area contributed by atoms with Crippen LogP contribution in [0.5, 0.6) is 5.75 Å². The Morgan fingerprint density at radius 1 is 1.21 bits per heavy atom. The lowest BCUT2D eigenvalue weighted by atomic mass is 9.83. The van der Waals surface area contributed by atoms with Crippen molar-refractivity contribution in [2.75, 3.05) is 0 Å². The van der Waals surface area contributed by atoms with Gasteiger partial charge in [0.05, 0.1) is 16.5 Å². The van der Waals surface area contributed by atoms with E-state index >= 15 is 0 Å². The summed E-state index contributed by atoms with van der Waals surface area (Å²) in [5, 5.41) is 9.63. The van der Waals surface area contributed by atoms with Crippen LogP contribution >= 0.6 is 0 Å². The molecule has 1 aliphatic heterocycles.